The third-order valence-electron chi connectivity index (χ3n) is 3.10. The van der Waals surface area contributed by atoms with Crippen LogP contribution in [-0.4, -0.2) is 11.4 Å². The summed E-state index contributed by atoms with van der Waals surface area (Å²) in [6.07, 6.45) is 0.614. The van der Waals surface area contributed by atoms with Gasteiger partial charge in [-0.1, -0.05) is 49.7 Å². The molecule has 0 fully saturated rings. The molecule has 0 aromatic heterocycles. The number of benzene rings is 2. The van der Waals surface area contributed by atoms with E-state index in [0.29, 0.717) is 22.8 Å². The van der Waals surface area contributed by atoms with Crippen LogP contribution >= 0.6 is 11.6 Å². The molecule has 2 nitrogen and oxygen atoms in total. The van der Waals surface area contributed by atoms with E-state index in [-0.39, 0.29) is 11.3 Å². The number of aromatic hydroxyl groups is 1. The van der Waals surface area contributed by atoms with Crippen molar-refractivity contribution < 1.29 is 9.90 Å². The molecule has 0 saturated heterocycles. The smallest absolute Gasteiger partial charge is 0.153 e. The fraction of sp³-hybridized carbons (Fsp3) is 0.188. The maximum Gasteiger partial charge on any atom is 0.153 e. The van der Waals surface area contributed by atoms with E-state index in [9.17, 15) is 9.90 Å². The first-order chi connectivity index (χ1) is 9.04. The summed E-state index contributed by atoms with van der Waals surface area (Å²) in [6.45, 7) is 4.17. The molecule has 2 rings (SSSR count). The van der Waals surface area contributed by atoms with Crippen LogP contribution in [0.25, 0.3) is 11.1 Å². The lowest BCUT2D eigenvalue weighted by molar-refractivity contribution is 0.112. The Bertz CT molecular complexity index is 618. The molecule has 0 aliphatic carbocycles. The maximum absolute atomic E-state index is 11.0. The van der Waals surface area contributed by atoms with Crippen LogP contribution in [0.1, 0.15) is 35.7 Å². The van der Waals surface area contributed by atoms with Crippen molar-refractivity contribution in [1.82, 2.24) is 0 Å². The maximum atomic E-state index is 11.0. The number of rotatable bonds is 3. The Hall–Kier alpha value is -1.80. The van der Waals surface area contributed by atoms with Crippen molar-refractivity contribution in [1.29, 1.82) is 0 Å². The Morgan fingerprint density at radius 2 is 1.84 bits per heavy atom. The predicted octanol–water partition coefficient (Wildman–Crippen LogP) is 4.65. The summed E-state index contributed by atoms with van der Waals surface area (Å²) in [7, 11) is 0. The highest BCUT2D eigenvalue weighted by molar-refractivity contribution is 6.31. The zero-order valence-electron chi connectivity index (χ0n) is 10.9. The highest BCUT2D eigenvalue weighted by Gasteiger charge is 2.15. The second kappa shape index (κ2) is 5.45. The van der Waals surface area contributed by atoms with Gasteiger partial charge in [-0.15, -0.1) is 0 Å². The standard InChI is InChI=1S/C16H15ClO2/c1-10(2)13-5-3-4-6-14(13)15-8-12(17)7-11(9-18)16(15)19/h3-10,19H,1-2H3. The monoisotopic (exact) mass is 274 g/mol. The molecule has 0 spiro atoms. The molecule has 0 atom stereocenters. The molecule has 0 bridgehead atoms. The number of carbonyl (C=O) groups is 1. The van der Waals surface area contributed by atoms with Gasteiger partial charge in [-0.3, -0.25) is 4.79 Å². The lowest BCUT2D eigenvalue weighted by Gasteiger charge is -2.15. The first-order valence-corrected chi connectivity index (χ1v) is 6.49. The number of hydrogen-bond acceptors (Lipinski definition) is 2. The first-order valence-electron chi connectivity index (χ1n) is 6.11. The Kier molecular flexibility index (Phi) is 3.91. The molecule has 1 N–H and O–H groups in total. The van der Waals surface area contributed by atoms with Crippen LogP contribution in [0, 0.1) is 0 Å². The van der Waals surface area contributed by atoms with Gasteiger partial charge in [0.25, 0.3) is 0 Å². The van der Waals surface area contributed by atoms with E-state index < -0.39 is 0 Å². The summed E-state index contributed by atoms with van der Waals surface area (Å²) >= 11 is 6.01. The lowest BCUT2D eigenvalue weighted by Crippen LogP contribution is -1.94. The van der Waals surface area contributed by atoms with Gasteiger partial charge in [-0.2, -0.15) is 0 Å². The molecule has 98 valence electrons. The van der Waals surface area contributed by atoms with Crippen LogP contribution in [0.4, 0.5) is 0 Å². The van der Waals surface area contributed by atoms with E-state index in [0.717, 1.165) is 11.1 Å². The fourth-order valence-corrected chi connectivity index (χ4v) is 2.39. The second-order valence-corrected chi connectivity index (χ2v) is 5.19. The van der Waals surface area contributed by atoms with Crippen molar-refractivity contribution in [3.8, 4) is 16.9 Å². The average molecular weight is 275 g/mol. The Morgan fingerprint density at radius 3 is 2.47 bits per heavy atom. The van der Waals surface area contributed by atoms with Crippen LogP contribution < -0.4 is 0 Å². The first kappa shape index (κ1) is 13.6. The lowest BCUT2D eigenvalue weighted by atomic mass is 9.91. The molecule has 0 unspecified atom stereocenters. The minimum absolute atomic E-state index is 0.0208. The van der Waals surface area contributed by atoms with Gasteiger partial charge in [-0.25, -0.2) is 0 Å². The molecule has 0 aliphatic heterocycles. The normalized spacial score (nSPS) is 10.7. The molecule has 3 heteroatoms. The van der Waals surface area contributed by atoms with E-state index in [4.69, 9.17) is 11.6 Å². The molecular formula is C16H15ClO2. The van der Waals surface area contributed by atoms with E-state index in [1.807, 2.05) is 24.3 Å². The van der Waals surface area contributed by atoms with Crippen LogP contribution in [0.3, 0.4) is 0 Å². The highest BCUT2D eigenvalue weighted by Crippen LogP contribution is 2.38. The summed E-state index contributed by atoms with van der Waals surface area (Å²) in [5.41, 5.74) is 2.82. The van der Waals surface area contributed by atoms with Gasteiger partial charge in [0.05, 0.1) is 5.56 Å². The van der Waals surface area contributed by atoms with Gasteiger partial charge in [0, 0.05) is 10.6 Å². The Morgan fingerprint density at radius 1 is 1.16 bits per heavy atom. The van der Waals surface area contributed by atoms with E-state index >= 15 is 0 Å². The van der Waals surface area contributed by atoms with Gasteiger partial charge in [0.2, 0.25) is 0 Å². The predicted molar refractivity (Wildman–Crippen MR) is 78.0 cm³/mol. The average Bonchev–Trinajstić information content (AvgIpc) is 2.41. The minimum Gasteiger partial charge on any atom is -0.507 e. The van der Waals surface area contributed by atoms with Gasteiger partial charge in [0.15, 0.2) is 6.29 Å². The number of carbonyl (C=O) groups excluding carboxylic acids is 1. The summed E-state index contributed by atoms with van der Waals surface area (Å²) in [5.74, 6) is 0.293. The van der Waals surface area contributed by atoms with Crippen molar-refractivity contribution in [2.75, 3.05) is 0 Å². The van der Waals surface area contributed by atoms with Crippen molar-refractivity contribution in [2.45, 2.75) is 19.8 Å². The van der Waals surface area contributed by atoms with E-state index in [1.165, 1.54) is 6.07 Å². The Labute approximate surface area is 117 Å². The topological polar surface area (TPSA) is 37.3 Å². The molecule has 0 saturated carbocycles. The zero-order valence-corrected chi connectivity index (χ0v) is 11.6. The molecule has 0 aliphatic rings. The zero-order chi connectivity index (χ0) is 14.0. The SMILES string of the molecule is CC(C)c1ccccc1-c1cc(Cl)cc(C=O)c1O. The van der Waals surface area contributed by atoms with Crippen molar-refractivity contribution in [3.63, 3.8) is 0 Å². The Balaban J connectivity index is 2.72. The summed E-state index contributed by atoms with van der Waals surface area (Å²) in [5, 5.41) is 10.6. The minimum atomic E-state index is -0.0208. The van der Waals surface area contributed by atoms with E-state index in [2.05, 4.69) is 13.8 Å². The fourth-order valence-electron chi connectivity index (χ4n) is 2.16. The van der Waals surface area contributed by atoms with Gasteiger partial charge in [-0.05, 0) is 29.2 Å². The summed E-state index contributed by atoms with van der Waals surface area (Å²) in [4.78, 5) is 11.0. The molecular weight excluding hydrogens is 260 g/mol. The number of phenolic OH excluding ortho intramolecular Hbond substituents is 1. The number of hydrogen-bond donors (Lipinski definition) is 1. The van der Waals surface area contributed by atoms with Gasteiger partial charge in [0.1, 0.15) is 5.75 Å². The summed E-state index contributed by atoms with van der Waals surface area (Å²) in [6, 6.07) is 11.0. The number of aldehydes is 1. The van der Waals surface area contributed by atoms with Crippen molar-refractivity contribution in [3.05, 3.63) is 52.5 Å². The van der Waals surface area contributed by atoms with Crippen molar-refractivity contribution in [2.24, 2.45) is 0 Å². The van der Waals surface area contributed by atoms with Crippen LogP contribution in [0.5, 0.6) is 5.75 Å². The van der Waals surface area contributed by atoms with Crippen molar-refractivity contribution >= 4 is 17.9 Å². The quantitative estimate of drug-likeness (QED) is 0.827. The largest absolute Gasteiger partial charge is 0.507 e. The van der Waals surface area contributed by atoms with Crippen LogP contribution in [-0.2, 0) is 0 Å². The number of phenols is 1. The molecule has 0 heterocycles. The van der Waals surface area contributed by atoms with Crippen LogP contribution in [0.2, 0.25) is 5.02 Å². The van der Waals surface area contributed by atoms with Crippen LogP contribution in [0.15, 0.2) is 36.4 Å². The van der Waals surface area contributed by atoms with Gasteiger partial charge < -0.3 is 5.11 Å². The van der Waals surface area contributed by atoms with E-state index in [1.54, 1.807) is 6.07 Å². The summed E-state index contributed by atoms with van der Waals surface area (Å²) < 4.78 is 0. The van der Waals surface area contributed by atoms with Gasteiger partial charge >= 0.3 is 0 Å². The second-order valence-electron chi connectivity index (χ2n) is 4.75. The third kappa shape index (κ3) is 2.64. The molecule has 19 heavy (non-hydrogen) atoms. The molecule has 2 aromatic carbocycles. The third-order valence-corrected chi connectivity index (χ3v) is 3.32. The highest BCUT2D eigenvalue weighted by atomic mass is 35.5. The molecule has 0 amide bonds. The molecule has 2 aromatic rings. The molecule has 0 radical (unpaired) electrons. The number of halogens is 1.